The standard InChI is InChI=1S/C34H57BrO7Si3/c1-27-20-30(40-24-37-14-17-43(3,4)5)23-29(33(27)35)13-12-28-21-31(36-2)34(42-26-39-16-19-45(9,10)11)32(22-28)41-25-38-15-18-44(6,7)8/h12-13,20-23H,14-19,24-26H2,1-11H3/b13-12+. The molecule has 0 atom stereocenters. The predicted molar refractivity (Wildman–Crippen MR) is 200 cm³/mol. The van der Waals surface area contributed by atoms with Gasteiger partial charge in [0.25, 0.3) is 0 Å². The van der Waals surface area contributed by atoms with Crippen molar-refractivity contribution in [2.75, 3.05) is 47.3 Å². The van der Waals surface area contributed by atoms with E-state index in [-0.39, 0.29) is 20.4 Å². The van der Waals surface area contributed by atoms with E-state index < -0.39 is 24.2 Å². The van der Waals surface area contributed by atoms with Gasteiger partial charge in [-0.3, -0.25) is 0 Å². The van der Waals surface area contributed by atoms with E-state index in [0.29, 0.717) is 30.5 Å². The molecule has 0 spiro atoms. The highest BCUT2D eigenvalue weighted by Crippen LogP contribution is 2.40. The summed E-state index contributed by atoms with van der Waals surface area (Å²) in [7, 11) is -1.91. The molecule has 7 nitrogen and oxygen atoms in total. The second kappa shape index (κ2) is 18.7. The number of methoxy groups -OCH3 is 1. The van der Waals surface area contributed by atoms with E-state index in [0.717, 1.165) is 51.7 Å². The number of halogens is 1. The van der Waals surface area contributed by atoms with Gasteiger partial charge in [0, 0.05) is 48.5 Å². The quantitative estimate of drug-likeness (QED) is 0.0546. The molecule has 0 amide bonds. The van der Waals surface area contributed by atoms with Crippen LogP contribution >= 0.6 is 15.9 Å². The van der Waals surface area contributed by atoms with E-state index in [1.165, 1.54) is 0 Å². The van der Waals surface area contributed by atoms with Gasteiger partial charge in [-0.15, -0.1) is 0 Å². The van der Waals surface area contributed by atoms with Crippen LogP contribution in [0.1, 0.15) is 16.7 Å². The fourth-order valence-corrected chi connectivity index (χ4v) is 6.51. The molecule has 0 bridgehead atoms. The van der Waals surface area contributed by atoms with E-state index in [1.807, 2.05) is 36.4 Å². The number of hydrogen-bond donors (Lipinski definition) is 0. The van der Waals surface area contributed by atoms with Gasteiger partial charge in [0.15, 0.2) is 31.9 Å². The molecule has 0 saturated carbocycles. The first kappa shape index (κ1) is 39.6. The maximum Gasteiger partial charge on any atom is 0.206 e. The summed E-state index contributed by atoms with van der Waals surface area (Å²) in [4.78, 5) is 0. The maximum absolute atomic E-state index is 6.11. The monoisotopic (exact) mass is 740 g/mol. The third-order valence-corrected chi connectivity index (χ3v) is 13.1. The summed E-state index contributed by atoms with van der Waals surface area (Å²) in [6, 6.07) is 11.1. The van der Waals surface area contributed by atoms with Gasteiger partial charge in [-0.25, -0.2) is 0 Å². The summed E-state index contributed by atoms with van der Waals surface area (Å²) in [5.74, 6) is 2.36. The second-order valence-corrected chi connectivity index (χ2v) is 32.6. The highest BCUT2D eigenvalue weighted by atomic mass is 79.9. The molecule has 11 heteroatoms. The topological polar surface area (TPSA) is 64.6 Å². The Labute approximate surface area is 284 Å². The molecule has 2 aromatic rings. The molecular formula is C34H57BrO7Si3. The molecule has 0 saturated heterocycles. The molecule has 0 aromatic heterocycles. The highest BCUT2D eigenvalue weighted by Gasteiger charge is 2.17. The van der Waals surface area contributed by atoms with Gasteiger partial charge in [0.05, 0.1) is 7.11 Å². The van der Waals surface area contributed by atoms with Crippen LogP contribution in [0.25, 0.3) is 12.2 Å². The third kappa shape index (κ3) is 16.7. The van der Waals surface area contributed by atoms with Gasteiger partial charge >= 0.3 is 0 Å². The molecule has 0 aliphatic rings. The summed E-state index contributed by atoms with van der Waals surface area (Å²) in [5.41, 5.74) is 2.95. The molecule has 0 unspecified atom stereocenters. The van der Waals surface area contributed by atoms with Crippen LogP contribution in [-0.4, -0.2) is 71.5 Å². The van der Waals surface area contributed by atoms with Crippen molar-refractivity contribution in [3.63, 3.8) is 0 Å². The molecule has 2 rings (SSSR count). The van der Waals surface area contributed by atoms with Crippen molar-refractivity contribution in [3.8, 4) is 23.0 Å². The minimum absolute atomic E-state index is 0.115. The third-order valence-electron chi connectivity index (χ3n) is 6.86. The van der Waals surface area contributed by atoms with Crippen LogP contribution in [0, 0.1) is 6.92 Å². The lowest BCUT2D eigenvalue weighted by Gasteiger charge is -2.19. The molecule has 0 aliphatic heterocycles. The summed E-state index contributed by atoms with van der Waals surface area (Å²) in [5, 5.41) is 0. The van der Waals surface area contributed by atoms with E-state index in [9.17, 15) is 0 Å². The van der Waals surface area contributed by atoms with Crippen LogP contribution < -0.4 is 18.9 Å². The van der Waals surface area contributed by atoms with Crippen molar-refractivity contribution in [2.24, 2.45) is 0 Å². The van der Waals surface area contributed by atoms with Gasteiger partial charge in [-0.05, 0) is 81.9 Å². The first-order valence-electron chi connectivity index (χ1n) is 15.8. The Morgan fingerprint density at radius 2 is 1.11 bits per heavy atom. The SMILES string of the molecule is COc1cc(/C=C/c2cc(OCOCC[Si](C)(C)C)cc(C)c2Br)cc(OCOCC[Si](C)(C)C)c1OCOCC[Si](C)(C)C. The normalized spacial score (nSPS) is 12.5. The zero-order valence-corrected chi connectivity index (χ0v) is 34.1. The van der Waals surface area contributed by atoms with E-state index in [2.05, 4.69) is 81.8 Å². The fraction of sp³-hybridized carbons (Fsp3) is 0.588. The average Bonchev–Trinajstić information content (AvgIpc) is 2.92. The lowest BCUT2D eigenvalue weighted by Crippen LogP contribution is -2.22. The van der Waals surface area contributed by atoms with Gasteiger partial charge in [0.1, 0.15) is 5.75 Å². The van der Waals surface area contributed by atoms with Crippen molar-refractivity contribution in [3.05, 3.63) is 45.4 Å². The minimum Gasteiger partial charge on any atom is -0.493 e. The predicted octanol–water partition coefficient (Wildman–Crippen LogP) is 10.0. The molecule has 0 heterocycles. The smallest absolute Gasteiger partial charge is 0.206 e. The number of rotatable bonds is 21. The van der Waals surface area contributed by atoms with Crippen molar-refractivity contribution in [1.29, 1.82) is 0 Å². The molecule has 2 aromatic carbocycles. The fourth-order valence-electron chi connectivity index (χ4n) is 3.87. The van der Waals surface area contributed by atoms with Crippen molar-refractivity contribution < 1.29 is 33.2 Å². The Hall–Kier alpha value is -1.61. The lowest BCUT2D eigenvalue weighted by molar-refractivity contribution is 0.00458. The molecule has 0 aliphatic carbocycles. The Balaban J connectivity index is 2.22. The summed E-state index contributed by atoms with van der Waals surface area (Å²) in [6.45, 7) is 25.6. The number of ether oxygens (including phenoxy) is 7. The van der Waals surface area contributed by atoms with Crippen LogP contribution in [0.5, 0.6) is 23.0 Å². The average molecular weight is 742 g/mol. The van der Waals surface area contributed by atoms with Gasteiger partial charge in [-0.2, -0.15) is 0 Å². The summed E-state index contributed by atoms with van der Waals surface area (Å²) in [6.07, 6.45) is 4.06. The Bertz CT molecular complexity index is 1220. The molecule has 0 N–H and O–H groups in total. The highest BCUT2D eigenvalue weighted by molar-refractivity contribution is 9.10. The lowest BCUT2D eigenvalue weighted by atomic mass is 10.1. The largest absolute Gasteiger partial charge is 0.493 e. The maximum atomic E-state index is 6.11. The molecular weight excluding hydrogens is 685 g/mol. The van der Waals surface area contributed by atoms with E-state index >= 15 is 0 Å². The molecule has 0 fully saturated rings. The molecule has 0 radical (unpaired) electrons. The zero-order valence-electron chi connectivity index (χ0n) is 29.6. The van der Waals surface area contributed by atoms with Gasteiger partial charge < -0.3 is 33.2 Å². The Kier molecular flexibility index (Phi) is 16.4. The van der Waals surface area contributed by atoms with Crippen LogP contribution in [0.2, 0.25) is 77.1 Å². The zero-order chi connectivity index (χ0) is 33.7. The number of hydrogen-bond acceptors (Lipinski definition) is 7. The van der Waals surface area contributed by atoms with Crippen molar-refractivity contribution in [2.45, 2.75) is 84.0 Å². The van der Waals surface area contributed by atoms with Crippen LogP contribution in [0.3, 0.4) is 0 Å². The van der Waals surface area contributed by atoms with Gasteiger partial charge in [-0.1, -0.05) is 71.1 Å². The van der Waals surface area contributed by atoms with Gasteiger partial charge in [0.2, 0.25) is 5.75 Å². The first-order valence-corrected chi connectivity index (χ1v) is 27.7. The number of aryl methyl sites for hydroxylation is 1. The molecule has 254 valence electrons. The molecule has 45 heavy (non-hydrogen) atoms. The van der Waals surface area contributed by atoms with Crippen LogP contribution in [0.4, 0.5) is 0 Å². The van der Waals surface area contributed by atoms with Crippen LogP contribution in [0.15, 0.2) is 28.7 Å². The second-order valence-electron chi connectivity index (χ2n) is 15.0. The summed E-state index contributed by atoms with van der Waals surface area (Å²) < 4.78 is 42.3. The van der Waals surface area contributed by atoms with E-state index in [1.54, 1.807) is 7.11 Å². The Morgan fingerprint density at radius 3 is 1.62 bits per heavy atom. The number of benzene rings is 2. The summed E-state index contributed by atoms with van der Waals surface area (Å²) >= 11 is 3.75. The minimum atomic E-state index is -1.20. The van der Waals surface area contributed by atoms with Crippen LogP contribution in [-0.2, 0) is 14.2 Å². The first-order chi connectivity index (χ1) is 21.0. The van der Waals surface area contributed by atoms with E-state index in [4.69, 9.17) is 33.2 Å². The van der Waals surface area contributed by atoms with Crippen molar-refractivity contribution >= 4 is 52.3 Å². The van der Waals surface area contributed by atoms with Crippen molar-refractivity contribution in [1.82, 2.24) is 0 Å². The Morgan fingerprint density at radius 1 is 0.622 bits per heavy atom.